The van der Waals surface area contributed by atoms with Crippen molar-refractivity contribution in [1.82, 2.24) is 4.90 Å². The molecule has 0 spiro atoms. The lowest BCUT2D eigenvalue weighted by molar-refractivity contribution is -0.132. The van der Waals surface area contributed by atoms with Gasteiger partial charge in [-0.3, -0.25) is 9.59 Å². The largest absolute Gasteiger partial charge is 0.484 e. The number of ether oxygens (including phenoxy) is 2. The van der Waals surface area contributed by atoms with Crippen LogP contribution in [0, 0.1) is 0 Å². The van der Waals surface area contributed by atoms with E-state index in [0.717, 1.165) is 31.5 Å². The first-order valence-corrected chi connectivity index (χ1v) is 10.6. The van der Waals surface area contributed by atoms with Crippen molar-refractivity contribution in [1.29, 1.82) is 0 Å². The van der Waals surface area contributed by atoms with Crippen molar-refractivity contribution in [3.63, 3.8) is 0 Å². The molecule has 2 saturated heterocycles. The smallest absolute Gasteiger partial charge is 0.260 e. The Morgan fingerprint density at radius 1 is 0.967 bits per heavy atom. The molecular formula is C24H28N2O4. The lowest BCUT2D eigenvalue weighted by Crippen LogP contribution is -2.44. The molecule has 0 radical (unpaired) electrons. The van der Waals surface area contributed by atoms with Crippen molar-refractivity contribution in [2.24, 2.45) is 0 Å². The summed E-state index contributed by atoms with van der Waals surface area (Å²) in [5.41, 5.74) is 1.14. The van der Waals surface area contributed by atoms with Crippen LogP contribution in [0.4, 0.5) is 5.69 Å². The molecule has 0 bridgehead atoms. The Morgan fingerprint density at radius 2 is 1.63 bits per heavy atom. The predicted octanol–water partition coefficient (Wildman–Crippen LogP) is 3.37. The SMILES string of the molecule is O=C(COc1ccc(NC(=O)C2(c3ccccc3)CCOCC2)cc1)N1CCCC1. The first-order valence-electron chi connectivity index (χ1n) is 10.6. The summed E-state index contributed by atoms with van der Waals surface area (Å²) in [4.78, 5) is 27.2. The fraction of sp³-hybridized carbons (Fsp3) is 0.417. The van der Waals surface area contributed by atoms with Crippen LogP contribution in [0.15, 0.2) is 54.6 Å². The van der Waals surface area contributed by atoms with Crippen LogP contribution >= 0.6 is 0 Å². The third kappa shape index (κ3) is 4.49. The number of amides is 2. The molecule has 2 aliphatic rings. The van der Waals surface area contributed by atoms with Gasteiger partial charge in [-0.1, -0.05) is 30.3 Å². The van der Waals surface area contributed by atoms with Gasteiger partial charge < -0.3 is 19.7 Å². The Morgan fingerprint density at radius 3 is 2.30 bits per heavy atom. The molecule has 2 amide bonds. The Balaban J connectivity index is 1.39. The molecule has 0 aliphatic carbocycles. The van der Waals surface area contributed by atoms with Gasteiger partial charge in [-0.25, -0.2) is 0 Å². The molecule has 0 unspecified atom stereocenters. The van der Waals surface area contributed by atoms with Crippen LogP contribution in [-0.2, 0) is 19.7 Å². The van der Waals surface area contributed by atoms with Crippen molar-refractivity contribution in [2.75, 3.05) is 38.2 Å². The van der Waals surface area contributed by atoms with E-state index < -0.39 is 5.41 Å². The Labute approximate surface area is 177 Å². The molecule has 6 nitrogen and oxygen atoms in total. The third-order valence-corrected chi connectivity index (χ3v) is 6.04. The van der Waals surface area contributed by atoms with E-state index in [4.69, 9.17) is 9.47 Å². The molecule has 30 heavy (non-hydrogen) atoms. The molecular weight excluding hydrogens is 380 g/mol. The highest BCUT2D eigenvalue weighted by molar-refractivity contribution is 5.99. The second-order valence-electron chi connectivity index (χ2n) is 7.92. The van der Waals surface area contributed by atoms with Gasteiger partial charge in [0.05, 0.1) is 5.41 Å². The van der Waals surface area contributed by atoms with E-state index >= 15 is 0 Å². The van der Waals surface area contributed by atoms with Gasteiger partial charge in [0.2, 0.25) is 5.91 Å². The number of carbonyl (C=O) groups excluding carboxylic acids is 2. The highest BCUT2D eigenvalue weighted by Gasteiger charge is 2.41. The average molecular weight is 408 g/mol. The number of carbonyl (C=O) groups is 2. The van der Waals surface area contributed by atoms with Gasteiger partial charge in [-0.05, 0) is 55.5 Å². The number of rotatable bonds is 6. The summed E-state index contributed by atoms with van der Waals surface area (Å²) in [5, 5.41) is 3.06. The zero-order valence-corrected chi connectivity index (χ0v) is 17.1. The van der Waals surface area contributed by atoms with Crippen LogP contribution < -0.4 is 10.1 Å². The molecule has 2 aromatic carbocycles. The number of likely N-dealkylation sites (tertiary alicyclic amines) is 1. The normalized spacial score (nSPS) is 18.1. The molecule has 1 N–H and O–H groups in total. The molecule has 6 heteroatoms. The molecule has 2 fully saturated rings. The van der Waals surface area contributed by atoms with Crippen LogP contribution in [-0.4, -0.2) is 49.6 Å². The van der Waals surface area contributed by atoms with E-state index in [1.165, 1.54) is 0 Å². The zero-order valence-electron chi connectivity index (χ0n) is 17.1. The van der Waals surface area contributed by atoms with E-state index in [-0.39, 0.29) is 18.4 Å². The first kappa shape index (κ1) is 20.4. The Kier molecular flexibility index (Phi) is 6.33. The average Bonchev–Trinajstić information content (AvgIpc) is 3.34. The molecule has 0 aromatic heterocycles. The number of anilines is 1. The van der Waals surface area contributed by atoms with Crippen LogP contribution in [0.3, 0.4) is 0 Å². The Hall–Kier alpha value is -2.86. The summed E-state index contributed by atoms with van der Waals surface area (Å²) >= 11 is 0. The summed E-state index contributed by atoms with van der Waals surface area (Å²) in [5.74, 6) is 0.619. The first-order chi connectivity index (χ1) is 14.7. The third-order valence-electron chi connectivity index (χ3n) is 6.04. The molecule has 0 saturated carbocycles. The highest BCUT2D eigenvalue weighted by atomic mass is 16.5. The summed E-state index contributed by atoms with van der Waals surface area (Å²) in [7, 11) is 0. The molecule has 0 atom stereocenters. The monoisotopic (exact) mass is 408 g/mol. The van der Waals surface area contributed by atoms with Crippen LogP contribution in [0.2, 0.25) is 0 Å². The maximum atomic E-state index is 13.3. The van der Waals surface area contributed by atoms with Crippen LogP contribution in [0.1, 0.15) is 31.2 Å². The maximum absolute atomic E-state index is 13.3. The van der Waals surface area contributed by atoms with E-state index in [1.807, 2.05) is 47.4 Å². The number of hydrogen-bond acceptors (Lipinski definition) is 4. The zero-order chi connectivity index (χ0) is 20.8. The van der Waals surface area contributed by atoms with Crippen molar-refractivity contribution in [3.8, 4) is 5.75 Å². The minimum Gasteiger partial charge on any atom is -0.484 e. The summed E-state index contributed by atoms with van der Waals surface area (Å²) in [6, 6.07) is 17.1. The number of hydrogen-bond donors (Lipinski definition) is 1. The summed E-state index contributed by atoms with van der Waals surface area (Å²) < 4.78 is 11.1. The molecule has 4 rings (SSSR count). The number of benzene rings is 2. The molecule has 2 aliphatic heterocycles. The molecule has 2 heterocycles. The molecule has 2 aromatic rings. The second-order valence-corrected chi connectivity index (χ2v) is 7.92. The lowest BCUT2D eigenvalue weighted by atomic mass is 9.73. The maximum Gasteiger partial charge on any atom is 0.260 e. The van der Waals surface area contributed by atoms with Gasteiger partial charge in [0.25, 0.3) is 5.91 Å². The second kappa shape index (κ2) is 9.30. The predicted molar refractivity (Wildman–Crippen MR) is 115 cm³/mol. The summed E-state index contributed by atoms with van der Waals surface area (Å²) in [6.45, 7) is 2.83. The standard InChI is InChI=1S/C24H28N2O4/c27-22(26-14-4-5-15-26)18-30-21-10-8-20(9-11-21)25-23(28)24(12-16-29-17-13-24)19-6-2-1-3-7-19/h1-3,6-11H,4-5,12-18H2,(H,25,28). The van der Waals surface area contributed by atoms with E-state index in [1.54, 1.807) is 12.1 Å². The van der Waals surface area contributed by atoms with Crippen molar-refractivity contribution in [3.05, 3.63) is 60.2 Å². The quantitative estimate of drug-likeness (QED) is 0.796. The summed E-state index contributed by atoms with van der Waals surface area (Å²) in [6.07, 6.45) is 3.44. The van der Waals surface area contributed by atoms with Gasteiger partial charge in [-0.2, -0.15) is 0 Å². The fourth-order valence-electron chi connectivity index (χ4n) is 4.21. The van der Waals surface area contributed by atoms with E-state index in [0.29, 0.717) is 37.5 Å². The lowest BCUT2D eigenvalue weighted by Gasteiger charge is -2.36. The van der Waals surface area contributed by atoms with Gasteiger partial charge in [0.15, 0.2) is 6.61 Å². The molecule has 158 valence electrons. The minimum atomic E-state index is -0.586. The van der Waals surface area contributed by atoms with E-state index in [2.05, 4.69) is 5.32 Å². The van der Waals surface area contributed by atoms with E-state index in [9.17, 15) is 9.59 Å². The topological polar surface area (TPSA) is 67.9 Å². The number of nitrogens with one attached hydrogen (secondary N) is 1. The number of nitrogens with zero attached hydrogens (tertiary/aromatic N) is 1. The fourth-order valence-corrected chi connectivity index (χ4v) is 4.21. The highest BCUT2D eigenvalue weighted by Crippen LogP contribution is 2.36. The van der Waals surface area contributed by atoms with Crippen LogP contribution in [0.5, 0.6) is 5.75 Å². The van der Waals surface area contributed by atoms with Gasteiger partial charge in [0.1, 0.15) is 5.75 Å². The minimum absolute atomic E-state index is 0.0186. The van der Waals surface area contributed by atoms with Gasteiger partial charge >= 0.3 is 0 Å². The van der Waals surface area contributed by atoms with Crippen LogP contribution in [0.25, 0.3) is 0 Å². The van der Waals surface area contributed by atoms with Crippen molar-refractivity contribution in [2.45, 2.75) is 31.1 Å². The van der Waals surface area contributed by atoms with Crippen molar-refractivity contribution < 1.29 is 19.1 Å². The van der Waals surface area contributed by atoms with Crippen molar-refractivity contribution >= 4 is 17.5 Å². The van der Waals surface area contributed by atoms with Gasteiger partial charge in [0, 0.05) is 32.0 Å². The van der Waals surface area contributed by atoms with Gasteiger partial charge in [-0.15, -0.1) is 0 Å². The Bertz CT molecular complexity index is 855.